The number of nitrogens with zero attached hydrogens (tertiary/aromatic N) is 1. The van der Waals surface area contributed by atoms with Gasteiger partial charge in [-0.3, -0.25) is 4.90 Å². The molecule has 2 aliphatic rings. The summed E-state index contributed by atoms with van der Waals surface area (Å²) in [5.41, 5.74) is 0. The Kier molecular flexibility index (Phi) is 4.00. The summed E-state index contributed by atoms with van der Waals surface area (Å²) < 4.78 is 5.41. The van der Waals surface area contributed by atoms with E-state index in [1.165, 1.54) is 45.2 Å². The first-order valence-corrected chi connectivity index (χ1v) is 6.27. The van der Waals surface area contributed by atoms with E-state index in [0.29, 0.717) is 6.10 Å². The minimum absolute atomic E-state index is 0.531. The monoisotopic (exact) mass is 212 g/mol. The van der Waals surface area contributed by atoms with Gasteiger partial charge in [0.25, 0.3) is 0 Å². The minimum Gasteiger partial charge on any atom is -0.381 e. The quantitative estimate of drug-likeness (QED) is 0.762. The van der Waals surface area contributed by atoms with Crippen molar-refractivity contribution in [2.45, 2.75) is 50.3 Å². The lowest BCUT2D eigenvalue weighted by Crippen LogP contribution is -2.39. The molecule has 15 heavy (non-hydrogen) atoms. The molecule has 3 heteroatoms. The first kappa shape index (κ1) is 11.4. The number of likely N-dealkylation sites (N-methyl/N-ethyl adjacent to an activating group) is 1. The third-order valence-corrected chi connectivity index (χ3v) is 4.12. The molecule has 0 bridgehead atoms. The highest BCUT2D eigenvalue weighted by molar-refractivity contribution is 4.87. The molecule has 3 nitrogen and oxygen atoms in total. The Morgan fingerprint density at radius 3 is 2.40 bits per heavy atom. The fourth-order valence-electron chi connectivity index (χ4n) is 3.00. The Morgan fingerprint density at radius 1 is 1.13 bits per heavy atom. The topological polar surface area (TPSA) is 24.5 Å². The number of rotatable bonds is 3. The number of nitrogens with one attached hydrogen (secondary N) is 1. The second kappa shape index (κ2) is 5.28. The molecule has 1 heterocycles. The third kappa shape index (κ3) is 2.71. The number of hydrogen-bond acceptors (Lipinski definition) is 3. The molecular formula is C12H24N2O. The second-order valence-electron chi connectivity index (χ2n) is 4.94. The van der Waals surface area contributed by atoms with Crippen LogP contribution in [0.5, 0.6) is 0 Å². The lowest BCUT2D eigenvalue weighted by atomic mass is 9.92. The second-order valence-corrected chi connectivity index (χ2v) is 4.94. The molecule has 0 radical (unpaired) electrons. The van der Waals surface area contributed by atoms with Gasteiger partial charge in [0.1, 0.15) is 0 Å². The van der Waals surface area contributed by atoms with Crippen molar-refractivity contribution < 1.29 is 4.74 Å². The van der Waals surface area contributed by atoms with Crippen molar-refractivity contribution >= 4 is 0 Å². The molecule has 0 aromatic carbocycles. The van der Waals surface area contributed by atoms with E-state index in [0.717, 1.165) is 12.1 Å². The van der Waals surface area contributed by atoms with Crippen LogP contribution >= 0.6 is 0 Å². The predicted molar refractivity (Wildman–Crippen MR) is 62.1 cm³/mol. The molecule has 0 aromatic rings. The summed E-state index contributed by atoms with van der Waals surface area (Å²) in [6.07, 6.45) is 7.01. The molecular weight excluding hydrogens is 188 g/mol. The Labute approximate surface area is 93.2 Å². The van der Waals surface area contributed by atoms with E-state index in [-0.39, 0.29) is 0 Å². The highest BCUT2D eigenvalue weighted by atomic mass is 16.5. The number of likely N-dealkylation sites (tertiary alicyclic amines) is 1. The molecule has 2 rings (SSSR count). The minimum atomic E-state index is 0.531. The molecule has 88 valence electrons. The highest BCUT2D eigenvalue weighted by Crippen LogP contribution is 2.27. The van der Waals surface area contributed by atoms with Gasteiger partial charge in [-0.15, -0.1) is 0 Å². The first-order chi connectivity index (χ1) is 7.33. The van der Waals surface area contributed by atoms with Gasteiger partial charge in [0.05, 0.1) is 6.10 Å². The molecule has 1 saturated carbocycles. The van der Waals surface area contributed by atoms with E-state index >= 15 is 0 Å². The SMILES string of the molecule is CNC1CCN(C2CCC(OC)CC2)C1. The Bertz CT molecular complexity index is 190. The third-order valence-electron chi connectivity index (χ3n) is 4.12. The van der Waals surface area contributed by atoms with Crippen molar-refractivity contribution in [3.05, 3.63) is 0 Å². The van der Waals surface area contributed by atoms with E-state index in [4.69, 9.17) is 4.74 Å². The molecule has 0 spiro atoms. The smallest absolute Gasteiger partial charge is 0.0572 e. The lowest BCUT2D eigenvalue weighted by molar-refractivity contribution is 0.0433. The molecule has 1 saturated heterocycles. The number of ether oxygens (including phenoxy) is 1. The van der Waals surface area contributed by atoms with E-state index in [2.05, 4.69) is 17.3 Å². The van der Waals surface area contributed by atoms with Crippen LogP contribution in [-0.2, 0) is 4.74 Å². The molecule has 1 aliphatic heterocycles. The zero-order valence-corrected chi connectivity index (χ0v) is 10.0. The summed E-state index contributed by atoms with van der Waals surface area (Å²) in [6, 6.07) is 1.56. The van der Waals surface area contributed by atoms with Crippen molar-refractivity contribution in [1.29, 1.82) is 0 Å². The van der Waals surface area contributed by atoms with Gasteiger partial charge in [0, 0.05) is 32.3 Å². The Morgan fingerprint density at radius 2 is 1.87 bits per heavy atom. The fourth-order valence-corrected chi connectivity index (χ4v) is 3.00. The average Bonchev–Trinajstić information content (AvgIpc) is 2.78. The Balaban J connectivity index is 1.76. The van der Waals surface area contributed by atoms with Gasteiger partial charge < -0.3 is 10.1 Å². The normalized spacial score (nSPS) is 38.4. The van der Waals surface area contributed by atoms with Crippen molar-refractivity contribution in [2.75, 3.05) is 27.2 Å². The van der Waals surface area contributed by atoms with E-state index in [1.807, 2.05) is 7.11 Å². The van der Waals surface area contributed by atoms with Crippen LogP contribution in [-0.4, -0.2) is 50.3 Å². The summed E-state index contributed by atoms with van der Waals surface area (Å²) in [4.78, 5) is 2.67. The maximum absolute atomic E-state index is 5.41. The molecule has 1 atom stereocenters. The molecule has 1 unspecified atom stereocenters. The number of methoxy groups -OCH3 is 1. The van der Waals surface area contributed by atoms with Gasteiger partial charge in [0.15, 0.2) is 0 Å². The zero-order valence-electron chi connectivity index (χ0n) is 10.0. The maximum atomic E-state index is 5.41. The van der Waals surface area contributed by atoms with E-state index in [9.17, 15) is 0 Å². The Hall–Kier alpha value is -0.120. The van der Waals surface area contributed by atoms with Gasteiger partial charge in [-0.2, -0.15) is 0 Å². The predicted octanol–water partition coefficient (Wildman–Crippen LogP) is 1.24. The highest BCUT2D eigenvalue weighted by Gasteiger charge is 2.30. The van der Waals surface area contributed by atoms with Crippen LogP contribution < -0.4 is 5.32 Å². The fraction of sp³-hybridized carbons (Fsp3) is 1.00. The summed E-state index contributed by atoms with van der Waals surface area (Å²) in [6.45, 7) is 2.53. The van der Waals surface area contributed by atoms with Crippen molar-refractivity contribution in [2.24, 2.45) is 0 Å². The molecule has 1 aliphatic carbocycles. The molecule has 0 aromatic heterocycles. The van der Waals surface area contributed by atoms with Crippen LogP contribution in [0.25, 0.3) is 0 Å². The van der Waals surface area contributed by atoms with Crippen LogP contribution in [0, 0.1) is 0 Å². The zero-order chi connectivity index (χ0) is 10.7. The van der Waals surface area contributed by atoms with Gasteiger partial charge in [0.2, 0.25) is 0 Å². The van der Waals surface area contributed by atoms with Crippen LogP contribution in [0.4, 0.5) is 0 Å². The average molecular weight is 212 g/mol. The molecule has 1 N–H and O–H groups in total. The van der Waals surface area contributed by atoms with E-state index < -0.39 is 0 Å². The van der Waals surface area contributed by atoms with Crippen LogP contribution in [0.3, 0.4) is 0 Å². The number of hydrogen-bond donors (Lipinski definition) is 1. The van der Waals surface area contributed by atoms with Crippen molar-refractivity contribution in [3.8, 4) is 0 Å². The van der Waals surface area contributed by atoms with Gasteiger partial charge >= 0.3 is 0 Å². The van der Waals surface area contributed by atoms with Gasteiger partial charge in [-0.05, 0) is 39.2 Å². The summed E-state index contributed by atoms with van der Waals surface area (Å²) in [5.74, 6) is 0. The van der Waals surface area contributed by atoms with Crippen LogP contribution in [0.15, 0.2) is 0 Å². The van der Waals surface area contributed by atoms with Crippen molar-refractivity contribution in [3.63, 3.8) is 0 Å². The van der Waals surface area contributed by atoms with Crippen LogP contribution in [0.2, 0.25) is 0 Å². The summed E-state index contributed by atoms with van der Waals surface area (Å²) >= 11 is 0. The van der Waals surface area contributed by atoms with Gasteiger partial charge in [-0.25, -0.2) is 0 Å². The first-order valence-electron chi connectivity index (χ1n) is 6.27. The molecule has 2 fully saturated rings. The van der Waals surface area contributed by atoms with Crippen LogP contribution in [0.1, 0.15) is 32.1 Å². The maximum Gasteiger partial charge on any atom is 0.0572 e. The lowest BCUT2D eigenvalue weighted by Gasteiger charge is -2.34. The van der Waals surface area contributed by atoms with Crippen molar-refractivity contribution in [1.82, 2.24) is 10.2 Å². The molecule has 0 amide bonds. The summed E-state index contributed by atoms with van der Waals surface area (Å²) in [7, 11) is 3.92. The largest absolute Gasteiger partial charge is 0.381 e. The van der Waals surface area contributed by atoms with Gasteiger partial charge in [-0.1, -0.05) is 0 Å². The summed E-state index contributed by atoms with van der Waals surface area (Å²) in [5, 5.41) is 3.39. The van der Waals surface area contributed by atoms with E-state index in [1.54, 1.807) is 0 Å². The standard InChI is InChI=1S/C12H24N2O/c1-13-10-7-8-14(9-10)11-3-5-12(15-2)6-4-11/h10-13H,3-9H2,1-2H3.